The van der Waals surface area contributed by atoms with Crippen LogP contribution in [0.15, 0.2) is 35.7 Å². The molecule has 0 amide bonds. The van der Waals surface area contributed by atoms with Crippen LogP contribution in [0.4, 0.5) is 10.8 Å². The molecule has 4 rings (SSSR count). The Morgan fingerprint density at radius 1 is 1.32 bits per heavy atom. The van der Waals surface area contributed by atoms with Crippen LogP contribution < -0.4 is 10.1 Å². The molecular formula is C17H18N4OS3. The fourth-order valence-electron chi connectivity index (χ4n) is 2.93. The summed E-state index contributed by atoms with van der Waals surface area (Å²) in [5.74, 6) is 0.788. The van der Waals surface area contributed by atoms with Crippen LogP contribution in [0.25, 0.3) is 0 Å². The molecule has 5 nitrogen and oxygen atoms in total. The van der Waals surface area contributed by atoms with Gasteiger partial charge in [-0.1, -0.05) is 23.5 Å². The minimum Gasteiger partial charge on any atom is -0.495 e. The molecule has 0 radical (unpaired) electrons. The van der Waals surface area contributed by atoms with Crippen molar-refractivity contribution in [2.75, 3.05) is 19.0 Å². The second kappa shape index (κ2) is 7.25. The van der Waals surface area contributed by atoms with E-state index in [0.29, 0.717) is 0 Å². The maximum atomic E-state index is 5.50. The molecule has 0 saturated heterocycles. The van der Waals surface area contributed by atoms with Crippen LogP contribution in [0.2, 0.25) is 0 Å². The Labute approximate surface area is 159 Å². The topological polar surface area (TPSA) is 42.3 Å². The van der Waals surface area contributed by atoms with Crippen LogP contribution >= 0.6 is 34.9 Å². The van der Waals surface area contributed by atoms with Gasteiger partial charge in [-0.15, -0.1) is 16.4 Å². The molecule has 0 atom stereocenters. The number of thiophene rings is 1. The third-order valence-electron chi connectivity index (χ3n) is 4.18. The molecule has 0 unspecified atom stereocenters. The van der Waals surface area contributed by atoms with Crippen molar-refractivity contribution >= 4 is 45.7 Å². The van der Waals surface area contributed by atoms with Gasteiger partial charge in [-0.2, -0.15) is 0 Å². The zero-order chi connectivity index (χ0) is 17.2. The molecule has 2 aromatic heterocycles. The maximum Gasteiger partial charge on any atom is 0.209 e. The lowest BCUT2D eigenvalue weighted by Crippen LogP contribution is -2.32. The number of nitrogens with one attached hydrogen (secondary N) is 1. The van der Waals surface area contributed by atoms with E-state index in [1.54, 1.807) is 7.11 Å². The predicted molar refractivity (Wildman–Crippen MR) is 106 cm³/mol. The average molecular weight is 391 g/mol. The van der Waals surface area contributed by atoms with Crippen molar-refractivity contribution in [2.45, 2.75) is 19.6 Å². The number of anilines is 2. The number of hydrogen-bond acceptors (Lipinski definition) is 7. The molecule has 25 heavy (non-hydrogen) atoms. The fourth-order valence-corrected chi connectivity index (χ4v) is 4.82. The summed E-state index contributed by atoms with van der Waals surface area (Å²) in [6.07, 6.45) is 1.11. The molecule has 0 aliphatic carbocycles. The van der Waals surface area contributed by atoms with Crippen molar-refractivity contribution in [3.63, 3.8) is 0 Å². The summed E-state index contributed by atoms with van der Waals surface area (Å²) in [5.41, 5.74) is 2.33. The molecule has 0 bridgehead atoms. The molecular weight excluding hydrogens is 372 g/mol. The van der Waals surface area contributed by atoms with Gasteiger partial charge in [0, 0.05) is 18.0 Å². The molecule has 3 aromatic rings. The number of hydrogen-bond donors (Lipinski definition) is 1. The van der Waals surface area contributed by atoms with Gasteiger partial charge in [0.1, 0.15) is 5.75 Å². The Hall–Kier alpha value is -1.74. The van der Waals surface area contributed by atoms with Crippen molar-refractivity contribution in [3.8, 4) is 5.75 Å². The Morgan fingerprint density at radius 3 is 3.08 bits per heavy atom. The van der Waals surface area contributed by atoms with E-state index in [2.05, 4.69) is 26.8 Å². The molecule has 0 saturated carbocycles. The molecule has 130 valence electrons. The molecule has 0 spiro atoms. The molecule has 1 aliphatic rings. The predicted octanol–water partition coefficient (Wildman–Crippen LogP) is 4.50. The number of nitrogens with zero attached hydrogens (tertiary/aromatic N) is 3. The van der Waals surface area contributed by atoms with E-state index in [0.717, 1.165) is 46.7 Å². The first kappa shape index (κ1) is 16.7. The Morgan fingerprint density at radius 2 is 2.20 bits per heavy atom. The molecule has 1 N–H and O–H groups in total. The molecule has 0 fully saturated rings. The van der Waals surface area contributed by atoms with E-state index < -0.39 is 0 Å². The van der Waals surface area contributed by atoms with Gasteiger partial charge in [-0.3, -0.25) is 4.90 Å². The van der Waals surface area contributed by atoms with Crippen LogP contribution in [-0.4, -0.2) is 28.3 Å². The summed E-state index contributed by atoms with van der Waals surface area (Å²) in [6.45, 7) is 2.73. The number of rotatable bonds is 5. The van der Waals surface area contributed by atoms with Crippen LogP contribution in [0.1, 0.15) is 10.4 Å². The van der Waals surface area contributed by atoms with Crippen LogP contribution in [0.3, 0.4) is 0 Å². The molecule has 1 aliphatic heterocycles. The van der Waals surface area contributed by atoms with Gasteiger partial charge in [-0.05, 0) is 47.8 Å². The summed E-state index contributed by atoms with van der Waals surface area (Å²) < 4.78 is 8.05. The molecule has 3 heterocycles. The third kappa shape index (κ3) is 3.62. The standard InChI is InChI=1S/C17H18N4OS3/c1-22-14-5-3-2-4-13(14)18-16-19-21(17(23)25-16)11-20-8-6-15-12(10-20)7-9-24-15/h2-5,7,9H,6,8,10-11H2,1H3,(H,18,19). The smallest absolute Gasteiger partial charge is 0.209 e. The first-order valence-electron chi connectivity index (χ1n) is 7.98. The zero-order valence-corrected chi connectivity index (χ0v) is 16.2. The fraction of sp³-hybridized carbons (Fsp3) is 0.294. The zero-order valence-electron chi connectivity index (χ0n) is 13.8. The van der Waals surface area contributed by atoms with Gasteiger partial charge < -0.3 is 10.1 Å². The SMILES string of the molecule is COc1ccccc1Nc1nn(CN2CCc3sccc3C2)c(=S)s1. The Bertz CT molecular complexity index is 930. The molecule has 8 heteroatoms. The minimum atomic E-state index is 0.720. The summed E-state index contributed by atoms with van der Waals surface area (Å²) in [5, 5.41) is 10.9. The Balaban J connectivity index is 1.48. The van der Waals surface area contributed by atoms with Gasteiger partial charge >= 0.3 is 0 Å². The van der Waals surface area contributed by atoms with Crippen LogP contribution in [0.5, 0.6) is 5.75 Å². The van der Waals surface area contributed by atoms with Gasteiger partial charge in [0.25, 0.3) is 0 Å². The maximum absolute atomic E-state index is 5.50. The van der Waals surface area contributed by atoms with E-state index in [1.165, 1.54) is 21.8 Å². The van der Waals surface area contributed by atoms with Gasteiger partial charge in [-0.25, -0.2) is 4.68 Å². The van der Waals surface area contributed by atoms with E-state index >= 15 is 0 Å². The largest absolute Gasteiger partial charge is 0.495 e. The highest BCUT2D eigenvalue weighted by atomic mass is 32.1. The number of methoxy groups -OCH3 is 1. The van der Waals surface area contributed by atoms with Crippen molar-refractivity contribution in [2.24, 2.45) is 0 Å². The third-order valence-corrected chi connectivity index (χ3v) is 6.42. The van der Waals surface area contributed by atoms with E-state index in [4.69, 9.17) is 17.0 Å². The van der Waals surface area contributed by atoms with Crippen LogP contribution in [0, 0.1) is 3.95 Å². The summed E-state index contributed by atoms with van der Waals surface area (Å²) in [4.78, 5) is 3.90. The number of benzene rings is 1. The Kier molecular flexibility index (Phi) is 4.85. The monoisotopic (exact) mass is 390 g/mol. The van der Waals surface area contributed by atoms with Crippen molar-refractivity contribution < 1.29 is 4.74 Å². The molecule has 1 aromatic carbocycles. The van der Waals surface area contributed by atoms with E-state index in [1.807, 2.05) is 40.3 Å². The van der Waals surface area contributed by atoms with Crippen molar-refractivity contribution in [1.82, 2.24) is 14.7 Å². The van der Waals surface area contributed by atoms with Gasteiger partial charge in [0.2, 0.25) is 5.13 Å². The quantitative estimate of drug-likeness (QED) is 0.650. The van der Waals surface area contributed by atoms with E-state index in [-0.39, 0.29) is 0 Å². The normalized spacial score (nSPS) is 14.3. The first-order valence-corrected chi connectivity index (χ1v) is 10.1. The number of fused-ring (bicyclic) bond motifs is 1. The number of aromatic nitrogens is 2. The lowest BCUT2D eigenvalue weighted by atomic mass is 10.1. The highest BCUT2D eigenvalue weighted by Gasteiger charge is 2.18. The highest BCUT2D eigenvalue weighted by molar-refractivity contribution is 7.73. The summed E-state index contributed by atoms with van der Waals surface area (Å²) in [6, 6.07) is 10.0. The minimum absolute atomic E-state index is 0.720. The highest BCUT2D eigenvalue weighted by Crippen LogP contribution is 2.29. The number of ether oxygens (including phenoxy) is 1. The average Bonchev–Trinajstić information content (AvgIpc) is 3.22. The first-order chi connectivity index (χ1) is 12.2. The second-order valence-electron chi connectivity index (χ2n) is 5.81. The lowest BCUT2D eigenvalue weighted by molar-refractivity contribution is 0.190. The van der Waals surface area contributed by atoms with Crippen molar-refractivity contribution in [1.29, 1.82) is 0 Å². The second-order valence-corrected chi connectivity index (χ2v) is 8.43. The van der Waals surface area contributed by atoms with E-state index in [9.17, 15) is 0 Å². The number of para-hydroxylation sites is 2. The van der Waals surface area contributed by atoms with Crippen molar-refractivity contribution in [3.05, 3.63) is 50.1 Å². The van der Waals surface area contributed by atoms with Gasteiger partial charge in [0.05, 0.1) is 19.5 Å². The summed E-state index contributed by atoms with van der Waals surface area (Å²) >= 11 is 8.84. The van der Waals surface area contributed by atoms with Gasteiger partial charge in [0.15, 0.2) is 3.95 Å². The van der Waals surface area contributed by atoms with Crippen LogP contribution in [-0.2, 0) is 19.6 Å². The summed E-state index contributed by atoms with van der Waals surface area (Å²) in [7, 11) is 1.66. The lowest BCUT2D eigenvalue weighted by Gasteiger charge is -2.26.